The average Bonchev–Trinajstić information content (AvgIpc) is 2.95. The summed E-state index contributed by atoms with van der Waals surface area (Å²) in [6, 6.07) is 14.7. The highest BCUT2D eigenvalue weighted by Crippen LogP contribution is 2.23. The van der Waals surface area contributed by atoms with Crippen molar-refractivity contribution in [1.29, 1.82) is 0 Å². The number of aryl methyl sites for hydroxylation is 1. The van der Waals surface area contributed by atoms with E-state index in [4.69, 9.17) is 9.73 Å². The summed E-state index contributed by atoms with van der Waals surface area (Å²) in [6.45, 7) is 15.8. The molecule has 1 aliphatic rings. The van der Waals surface area contributed by atoms with Crippen molar-refractivity contribution in [2.75, 3.05) is 11.9 Å². The number of benzene rings is 2. The van der Waals surface area contributed by atoms with Gasteiger partial charge in [0.05, 0.1) is 23.7 Å². The second-order valence-corrected chi connectivity index (χ2v) is 9.65. The Morgan fingerprint density at radius 3 is 2.30 bits per heavy atom. The topological polar surface area (TPSA) is 79.8 Å². The molecule has 2 amide bonds. The van der Waals surface area contributed by atoms with Crippen LogP contribution < -0.4 is 10.6 Å². The highest BCUT2D eigenvalue weighted by molar-refractivity contribution is 6.19. The van der Waals surface area contributed by atoms with Crippen LogP contribution in [-0.2, 0) is 9.53 Å². The predicted molar refractivity (Wildman–Crippen MR) is 165 cm³/mol. The van der Waals surface area contributed by atoms with E-state index < -0.39 is 0 Å². The largest absolute Gasteiger partial charge is 0.465 e. The molecule has 0 saturated heterocycles. The molecule has 2 N–H and O–H groups in total. The van der Waals surface area contributed by atoms with Crippen LogP contribution >= 0.6 is 0 Å². The van der Waals surface area contributed by atoms with Gasteiger partial charge in [-0.1, -0.05) is 49.1 Å². The summed E-state index contributed by atoms with van der Waals surface area (Å²) in [5.41, 5.74) is 6.62. The third-order valence-electron chi connectivity index (χ3n) is 6.42. The first-order chi connectivity index (χ1) is 19.1. The Hall–Kier alpha value is -4.71. The van der Waals surface area contributed by atoms with E-state index >= 15 is 0 Å². The summed E-state index contributed by atoms with van der Waals surface area (Å²) >= 11 is 0. The Kier molecular flexibility index (Phi) is 10.4. The first-order valence-corrected chi connectivity index (χ1v) is 13.2. The molecule has 6 nitrogen and oxygen atoms in total. The number of rotatable bonds is 9. The molecular formula is C34H37N3O3. The zero-order valence-electron chi connectivity index (χ0n) is 24.1. The van der Waals surface area contributed by atoms with Crippen molar-refractivity contribution in [2.45, 2.75) is 41.5 Å². The maximum atomic E-state index is 13.1. The van der Waals surface area contributed by atoms with Gasteiger partial charge in [0.1, 0.15) is 5.76 Å². The molecular weight excluding hydrogens is 498 g/mol. The molecule has 40 heavy (non-hydrogen) atoms. The molecule has 0 spiro atoms. The van der Waals surface area contributed by atoms with E-state index in [1.165, 1.54) is 0 Å². The first-order valence-electron chi connectivity index (χ1n) is 13.2. The van der Waals surface area contributed by atoms with Crippen molar-refractivity contribution < 1.29 is 14.3 Å². The number of amides is 2. The lowest BCUT2D eigenvalue weighted by Crippen LogP contribution is -2.26. The maximum absolute atomic E-state index is 13.1. The highest BCUT2D eigenvalue weighted by Gasteiger charge is 2.16. The molecule has 0 aromatic heterocycles. The van der Waals surface area contributed by atoms with Crippen LogP contribution in [0.25, 0.3) is 5.70 Å². The van der Waals surface area contributed by atoms with Gasteiger partial charge in [-0.05, 0) is 89.1 Å². The van der Waals surface area contributed by atoms with E-state index in [2.05, 4.69) is 17.2 Å². The SMILES string of the molecule is C=C(N=C1C=CC=C/C1=C(/C)C(=O)Nc1ccc(C(=O)NCC(O/C(C)=C\C)=C(C)C)cc1)c1ccccc1C. The minimum Gasteiger partial charge on any atom is -0.465 e. The van der Waals surface area contributed by atoms with Crippen LogP contribution in [0, 0.1) is 6.92 Å². The number of allylic oxidation sites excluding steroid dienone is 8. The number of carbonyl (C=O) groups is 2. The van der Waals surface area contributed by atoms with E-state index in [0.29, 0.717) is 34.0 Å². The zero-order valence-corrected chi connectivity index (χ0v) is 24.1. The third-order valence-corrected chi connectivity index (χ3v) is 6.42. The van der Waals surface area contributed by atoms with E-state index in [-0.39, 0.29) is 18.4 Å². The van der Waals surface area contributed by atoms with Crippen LogP contribution in [0.4, 0.5) is 5.69 Å². The molecule has 206 valence electrons. The van der Waals surface area contributed by atoms with Gasteiger partial charge in [-0.2, -0.15) is 0 Å². The van der Waals surface area contributed by atoms with Crippen molar-refractivity contribution in [3.63, 3.8) is 0 Å². The van der Waals surface area contributed by atoms with E-state index in [1.807, 2.05) is 89.3 Å². The standard InChI is InChI=1S/C34H37N3O3/c1-8-24(5)40-32(22(2)3)21-35-34(39)27-17-19-28(20-18-27)37-33(38)25(6)30-15-11-12-16-31(30)36-26(7)29-14-10-9-13-23(29)4/h8-20H,7,21H2,1-6H3,(H,35,39)(H,37,38)/b24-8-,30-25+,36-31?. The first kappa shape index (κ1) is 29.8. The van der Waals surface area contributed by atoms with E-state index in [9.17, 15) is 9.59 Å². The van der Waals surface area contributed by atoms with Crippen LogP contribution in [0.2, 0.25) is 0 Å². The van der Waals surface area contributed by atoms with Crippen molar-refractivity contribution in [3.05, 3.63) is 130 Å². The van der Waals surface area contributed by atoms with Crippen LogP contribution in [0.3, 0.4) is 0 Å². The fraction of sp³-hybridized carbons (Fsp3) is 0.206. The minimum atomic E-state index is -0.258. The van der Waals surface area contributed by atoms with Crippen molar-refractivity contribution >= 4 is 28.9 Å². The van der Waals surface area contributed by atoms with Crippen LogP contribution in [0.1, 0.15) is 56.1 Å². The minimum absolute atomic E-state index is 0.231. The molecule has 0 radical (unpaired) electrons. The molecule has 2 aromatic rings. The van der Waals surface area contributed by atoms with Gasteiger partial charge in [0, 0.05) is 28.0 Å². The second kappa shape index (κ2) is 13.9. The fourth-order valence-electron chi connectivity index (χ4n) is 3.87. The van der Waals surface area contributed by atoms with Gasteiger partial charge in [-0.3, -0.25) is 9.59 Å². The van der Waals surface area contributed by atoms with Gasteiger partial charge >= 0.3 is 0 Å². The van der Waals surface area contributed by atoms with Gasteiger partial charge < -0.3 is 15.4 Å². The molecule has 0 heterocycles. The third kappa shape index (κ3) is 7.90. The van der Waals surface area contributed by atoms with Gasteiger partial charge in [0.15, 0.2) is 0 Å². The fourth-order valence-corrected chi connectivity index (χ4v) is 3.87. The number of carbonyl (C=O) groups excluding carboxylic acids is 2. The molecule has 0 unspecified atom stereocenters. The maximum Gasteiger partial charge on any atom is 0.251 e. The van der Waals surface area contributed by atoms with Crippen molar-refractivity contribution in [3.8, 4) is 0 Å². The summed E-state index contributed by atoms with van der Waals surface area (Å²) in [5, 5.41) is 5.80. The molecule has 6 heteroatoms. The predicted octanol–water partition coefficient (Wildman–Crippen LogP) is 7.45. The Labute approximate surface area is 237 Å². The number of anilines is 1. The highest BCUT2D eigenvalue weighted by atomic mass is 16.5. The van der Waals surface area contributed by atoms with Crippen LogP contribution in [0.15, 0.2) is 119 Å². The molecule has 0 saturated carbocycles. The summed E-state index contributed by atoms with van der Waals surface area (Å²) in [4.78, 5) is 30.6. The number of hydrogen-bond acceptors (Lipinski definition) is 4. The summed E-state index contributed by atoms with van der Waals surface area (Å²) in [6.07, 6.45) is 9.37. The lowest BCUT2D eigenvalue weighted by molar-refractivity contribution is -0.112. The summed E-state index contributed by atoms with van der Waals surface area (Å²) in [7, 11) is 0. The summed E-state index contributed by atoms with van der Waals surface area (Å²) in [5.74, 6) is 0.982. The smallest absolute Gasteiger partial charge is 0.251 e. The quantitative estimate of drug-likeness (QED) is 0.258. The molecule has 0 fully saturated rings. The molecule has 3 rings (SSSR count). The van der Waals surface area contributed by atoms with Crippen molar-refractivity contribution in [2.24, 2.45) is 4.99 Å². The number of aliphatic imine (C=N–C) groups is 1. The Morgan fingerprint density at radius 1 is 0.975 bits per heavy atom. The van der Waals surface area contributed by atoms with E-state index in [1.54, 1.807) is 31.2 Å². The number of nitrogens with zero attached hydrogens (tertiary/aromatic N) is 1. The molecule has 2 aromatic carbocycles. The van der Waals surface area contributed by atoms with Crippen LogP contribution in [0.5, 0.6) is 0 Å². The number of ether oxygens (including phenoxy) is 1. The second-order valence-electron chi connectivity index (χ2n) is 9.65. The van der Waals surface area contributed by atoms with Crippen LogP contribution in [-0.4, -0.2) is 24.1 Å². The monoisotopic (exact) mass is 535 g/mol. The van der Waals surface area contributed by atoms with Gasteiger partial charge in [-0.25, -0.2) is 4.99 Å². The molecule has 0 atom stereocenters. The molecule has 0 aliphatic heterocycles. The Morgan fingerprint density at radius 2 is 1.65 bits per heavy atom. The Bertz CT molecular complexity index is 1480. The van der Waals surface area contributed by atoms with Crippen molar-refractivity contribution in [1.82, 2.24) is 5.32 Å². The van der Waals surface area contributed by atoms with Gasteiger partial charge in [0.25, 0.3) is 11.8 Å². The number of hydrogen-bond donors (Lipinski definition) is 2. The zero-order chi connectivity index (χ0) is 29.2. The number of nitrogens with one attached hydrogen (secondary N) is 2. The molecule has 0 bridgehead atoms. The van der Waals surface area contributed by atoms with E-state index in [0.717, 1.165) is 28.0 Å². The molecule has 1 aliphatic carbocycles. The summed E-state index contributed by atoms with van der Waals surface area (Å²) < 4.78 is 5.79. The van der Waals surface area contributed by atoms with Gasteiger partial charge in [0.2, 0.25) is 0 Å². The lowest BCUT2D eigenvalue weighted by atomic mass is 9.98. The normalized spacial score (nSPS) is 14.9. The average molecular weight is 536 g/mol. The Balaban J connectivity index is 1.70. The lowest BCUT2D eigenvalue weighted by Gasteiger charge is -2.14. The van der Waals surface area contributed by atoms with Gasteiger partial charge in [-0.15, -0.1) is 0 Å².